The van der Waals surface area contributed by atoms with Crippen molar-refractivity contribution >= 4 is 24.1 Å². The minimum absolute atomic E-state index is 0.0891. The maximum Gasteiger partial charge on any atom is 0.440 e. The van der Waals surface area contributed by atoms with E-state index in [1.807, 2.05) is 0 Å². The van der Waals surface area contributed by atoms with Gasteiger partial charge in [-0.3, -0.25) is 0 Å². The van der Waals surface area contributed by atoms with Crippen LogP contribution in [0.1, 0.15) is 34.6 Å². The van der Waals surface area contributed by atoms with E-state index in [1.54, 1.807) is 24.8 Å². The fourth-order valence-corrected chi connectivity index (χ4v) is 1.45. The molecule has 0 saturated heterocycles. The molecule has 0 bridgehead atoms. The molecule has 0 aliphatic heterocycles. The van der Waals surface area contributed by atoms with Crippen LogP contribution in [0.15, 0.2) is 24.3 Å². The van der Waals surface area contributed by atoms with Crippen molar-refractivity contribution in [1.82, 2.24) is 11.0 Å². The normalized spacial score (nSPS) is 9.42. The molecule has 0 spiro atoms. The minimum atomic E-state index is -1.02. The number of hydroxylamine groups is 2. The number of hydrogen-bond acceptors (Lipinski definition) is 8. The van der Waals surface area contributed by atoms with Crippen LogP contribution in [0.4, 0.5) is 9.59 Å². The molecule has 0 aromatic heterocycles. The number of hydrogen-bond donors (Lipinski definition) is 2. The Morgan fingerprint density at radius 1 is 0.792 bits per heavy atom. The molecular weight excluding hydrogens is 324 g/mol. The second kappa shape index (κ2) is 9.66. The Morgan fingerprint density at radius 3 is 1.50 bits per heavy atom. The summed E-state index contributed by atoms with van der Waals surface area (Å²) in [6.45, 7) is 3.32. The summed E-state index contributed by atoms with van der Waals surface area (Å²) in [5.74, 6) is -2.04. The molecule has 0 aliphatic rings. The first kappa shape index (κ1) is 18.7. The smallest absolute Gasteiger partial charge is 0.440 e. The Bertz CT molecular complexity index is 564. The van der Waals surface area contributed by atoms with Gasteiger partial charge in [0.1, 0.15) is 0 Å². The molecule has 2 N–H and O–H groups in total. The zero-order valence-corrected chi connectivity index (χ0v) is 13.0. The lowest BCUT2D eigenvalue weighted by Gasteiger charge is -2.09. The van der Waals surface area contributed by atoms with Crippen molar-refractivity contribution in [3.05, 3.63) is 35.4 Å². The van der Waals surface area contributed by atoms with Gasteiger partial charge in [-0.05, 0) is 26.0 Å². The number of ether oxygens (including phenoxy) is 2. The summed E-state index contributed by atoms with van der Waals surface area (Å²) in [5, 5.41) is 0. The van der Waals surface area contributed by atoms with Crippen molar-refractivity contribution < 1.29 is 38.3 Å². The van der Waals surface area contributed by atoms with Gasteiger partial charge in [0, 0.05) is 0 Å². The highest BCUT2D eigenvalue weighted by Gasteiger charge is 2.21. The fraction of sp³-hybridized carbons (Fsp3) is 0.286. The quantitative estimate of drug-likeness (QED) is 0.620. The van der Waals surface area contributed by atoms with Gasteiger partial charge in [-0.15, -0.1) is 11.0 Å². The van der Waals surface area contributed by atoms with Gasteiger partial charge in [0.05, 0.1) is 24.3 Å². The molecule has 0 fully saturated rings. The molecule has 2 amide bonds. The highest BCUT2D eigenvalue weighted by molar-refractivity contribution is 6.03. The van der Waals surface area contributed by atoms with E-state index in [2.05, 4.69) is 19.1 Å². The summed E-state index contributed by atoms with van der Waals surface area (Å²) < 4.78 is 9.03. The van der Waals surface area contributed by atoms with Crippen molar-refractivity contribution in [2.24, 2.45) is 0 Å². The molecule has 0 radical (unpaired) electrons. The van der Waals surface area contributed by atoms with Crippen LogP contribution >= 0.6 is 0 Å². The maximum atomic E-state index is 11.9. The van der Waals surface area contributed by atoms with Gasteiger partial charge in [-0.25, -0.2) is 19.2 Å². The number of carbonyl (C=O) groups is 4. The monoisotopic (exact) mass is 340 g/mol. The van der Waals surface area contributed by atoms with Crippen LogP contribution in [0.3, 0.4) is 0 Å². The Hall–Kier alpha value is -3.30. The van der Waals surface area contributed by atoms with Gasteiger partial charge in [-0.2, -0.15) is 0 Å². The van der Waals surface area contributed by atoms with Crippen molar-refractivity contribution in [2.45, 2.75) is 13.8 Å². The first-order valence-electron chi connectivity index (χ1n) is 6.86. The lowest BCUT2D eigenvalue weighted by atomic mass is 10.1. The van der Waals surface area contributed by atoms with Crippen LogP contribution in [-0.4, -0.2) is 37.3 Å². The Labute approximate surface area is 136 Å². The molecule has 1 aromatic carbocycles. The average molecular weight is 340 g/mol. The van der Waals surface area contributed by atoms with E-state index in [-0.39, 0.29) is 24.3 Å². The second-order valence-electron chi connectivity index (χ2n) is 3.97. The van der Waals surface area contributed by atoms with Gasteiger partial charge in [0.15, 0.2) is 0 Å². The molecule has 1 aromatic rings. The predicted octanol–water partition coefficient (Wildman–Crippen LogP) is 1.32. The van der Waals surface area contributed by atoms with Crippen LogP contribution in [0.5, 0.6) is 0 Å². The third-order valence-electron chi connectivity index (χ3n) is 2.37. The van der Waals surface area contributed by atoms with E-state index in [0.717, 1.165) is 0 Å². The zero-order valence-electron chi connectivity index (χ0n) is 13.0. The van der Waals surface area contributed by atoms with Crippen LogP contribution in [-0.2, 0) is 19.1 Å². The van der Waals surface area contributed by atoms with Gasteiger partial charge >= 0.3 is 24.1 Å². The molecule has 0 unspecified atom stereocenters. The topological polar surface area (TPSA) is 129 Å². The van der Waals surface area contributed by atoms with Crippen LogP contribution in [0, 0.1) is 0 Å². The highest BCUT2D eigenvalue weighted by atomic mass is 16.7. The molecule has 1 rings (SSSR count). The van der Waals surface area contributed by atoms with E-state index in [4.69, 9.17) is 0 Å². The molecule has 0 heterocycles. The number of amides is 2. The summed E-state index contributed by atoms with van der Waals surface area (Å²) in [5.41, 5.74) is 3.15. The first-order chi connectivity index (χ1) is 11.5. The molecule has 0 aliphatic carbocycles. The molecule has 10 nitrogen and oxygen atoms in total. The Kier molecular flexibility index (Phi) is 7.55. The largest absolute Gasteiger partial charge is 0.448 e. The third kappa shape index (κ3) is 5.83. The van der Waals surface area contributed by atoms with Crippen LogP contribution < -0.4 is 11.0 Å². The number of benzene rings is 1. The van der Waals surface area contributed by atoms with Gasteiger partial charge in [-0.1, -0.05) is 12.1 Å². The first-order valence-corrected chi connectivity index (χ1v) is 6.86. The van der Waals surface area contributed by atoms with E-state index < -0.39 is 24.1 Å². The lowest BCUT2D eigenvalue weighted by Crippen LogP contribution is -2.30. The Balaban J connectivity index is 2.72. The number of carbonyl (C=O) groups excluding carboxylic acids is 4. The SMILES string of the molecule is CCOC(=O)NOC(=O)c1ccccc1C(=O)ONC(=O)OCC. The van der Waals surface area contributed by atoms with Crippen molar-refractivity contribution in [1.29, 1.82) is 0 Å². The predicted molar refractivity (Wildman–Crippen MR) is 77.6 cm³/mol. The summed E-state index contributed by atoms with van der Waals surface area (Å²) >= 11 is 0. The summed E-state index contributed by atoms with van der Waals surface area (Å²) in [6.07, 6.45) is -1.93. The zero-order chi connectivity index (χ0) is 17.9. The average Bonchev–Trinajstić information content (AvgIpc) is 2.58. The lowest BCUT2D eigenvalue weighted by molar-refractivity contribution is 0.0178. The summed E-state index contributed by atoms with van der Waals surface area (Å²) in [4.78, 5) is 55.0. The van der Waals surface area contributed by atoms with Gasteiger partial charge < -0.3 is 19.1 Å². The minimum Gasteiger partial charge on any atom is -0.448 e. The van der Waals surface area contributed by atoms with Crippen molar-refractivity contribution in [3.63, 3.8) is 0 Å². The van der Waals surface area contributed by atoms with E-state index in [9.17, 15) is 19.2 Å². The molecule has 0 saturated carbocycles. The van der Waals surface area contributed by atoms with E-state index in [1.165, 1.54) is 24.3 Å². The molecule has 130 valence electrons. The molecule has 24 heavy (non-hydrogen) atoms. The molecular formula is C14H16N2O8. The fourth-order valence-electron chi connectivity index (χ4n) is 1.45. The third-order valence-corrected chi connectivity index (χ3v) is 2.37. The standard InChI is InChI=1S/C14H16N2O8/c1-3-21-13(19)15-23-11(17)9-7-5-6-8-10(9)12(18)24-16-14(20)22-4-2/h5-8H,3-4H2,1-2H3,(H,15,19)(H,16,20). The van der Waals surface area contributed by atoms with E-state index in [0.29, 0.717) is 0 Å². The summed E-state index contributed by atoms with van der Waals surface area (Å²) in [7, 11) is 0. The highest BCUT2D eigenvalue weighted by Crippen LogP contribution is 2.11. The van der Waals surface area contributed by atoms with Crippen LogP contribution in [0.25, 0.3) is 0 Å². The van der Waals surface area contributed by atoms with Crippen molar-refractivity contribution in [2.75, 3.05) is 13.2 Å². The van der Waals surface area contributed by atoms with E-state index >= 15 is 0 Å². The maximum absolute atomic E-state index is 11.9. The molecule has 10 heteroatoms. The van der Waals surface area contributed by atoms with Crippen molar-refractivity contribution in [3.8, 4) is 0 Å². The second-order valence-corrected chi connectivity index (χ2v) is 3.97. The van der Waals surface area contributed by atoms with Crippen LogP contribution in [0.2, 0.25) is 0 Å². The number of nitrogens with one attached hydrogen (secondary N) is 2. The van der Waals surface area contributed by atoms with Gasteiger partial charge in [0.2, 0.25) is 0 Å². The Morgan fingerprint density at radius 2 is 1.17 bits per heavy atom. The summed E-state index contributed by atoms with van der Waals surface area (Å²) in [6, 6.07) is 5.49. The van der Waals surface area contributed by atoms with Gasteiger partial charge in [0.25, 0.3) is 0 Å². The molecule has 0 atom stereocenters. The number of rotatable bonds is 4.